The lowest BCUT2D eigenvalue weighted by molar-refractivity contribution is 0.128. The molecule has 0 aromatic carbocycles. The summed E-state index contributed by atoms with van der Waals surface area (Å²) in [5, 5.41) is 0.476. The van der Waals surface area contributed by atoms with Crippen LogP contribution in [0.3, 0.4) is 0 Å². The molecular weight excluding hydrogens is 278 g/mol. The van der Waals surface area contributed by atoms with Gasteiger partial charge >= 0.3 is 0 Å². The summed E-state index contributed by atoms with van der Waals surface area (Å²) in [6.45, 7) is 5.81. The number of rotatable bonds is 6. The summed E-state index contributed by atoms with van der Waals surface area (Å²) >= 11 is 6.07. The molecule has 2 heterocycles. The minimum Gasteiger partial charge on any atom is -0.384 e. The fourth-order valence-corrected chi connectivity index (χ4v) is 2.63. The van der Waals surface area contributed by atoms with Crippen molar-refractivity contribution in [1.29, 1.82) is 0 Å². The Balaban J connectivity index is 2.00. The first-order valence-electron chi connectivity index (χ1n) is 7.08. The maximum atomic E-state index is 6.07. The van der Waals surface area contributed by atoms with Crippen LogP contribution in [0.5, 0.6) is 0 Å². The molecule has 0 amide bonds. The zero-order valence-electron chi connectivity index (χ0n) is 12.1. The molecule has 1 fully saturated rings. The van der Waals surface area contributed by atoms with Gasteiger partial charge in [-0.3, -0.25) is 0 Å². The van der Waals surface area contributed by atoms with Crippen LogP contribution >= 0.6 is 11.6 Å². The van der Waals surface area contributed by atoms with Gasteiger partial charge in [-0.05, 0) is 25.7 Å². The van der Waals surface area contributed by atoms with Gasteiger partial charge in [0.1, 0.15) is 17.6 Å². The number of piperidine rings is 1. The van der Waals surface area contributed by atoms with Gasteiger partial charge in [-0.15, -0.1) is 0 Å². The van der Waals surface area contributed by atoms with E-state index in [1.807, 2.05) is 13.0 Å². The molecule has 112 valence electrons. The second-order valence-electron chi connectivity index (χ2n) is 4.99. The van der Waals surface area contributed by atoms with E-state index in [-0.39, 0.29) is 0 Å². The summed E-state index contributed by atoms with van der Waals surface area (Å²) in [6.07, 6.45) is 2.24. The normalized spacial score (nSPS) is 16.6. The number of aromatic nitrogens is 2. The summed E-state index contributed by atoms with van der Waals surface area (Å²) in [4.78, 5) is 11.0. The second-order valence-corrected chi connectivity index (χ2v) is 5.38. The van der Waals surface area contributed by atoms with Crippen LogP contribution in [0.4, 0.5) is 5.82 Å². The van der Waals surface area contributed by atoms with Crippen molar-refractivity contribution in [2.24, 2.45) is 5.92 Å². The van der Waals surface area contributed by atoms with Crippen molar-refractivity contribution in [1.82, 2.24) is 9.97 Å². The van der Waals surface area contributed by atoms with E-state index >= 15 is 0 Å². The van der Waals surface area contributed by atoms with Gasteiger partial charge < -0.3 is 14.4 Å². The van der Waals surface area contributed by atoms with Crippen molar-refractivity contribution in [2.45, 2.75) is 26.4 Å². The van der Waals surface area contributed by atoms with E-state index in [4.69, 9.17) is 21.1 Å². The van der Waals surface area contributed by atoms with E-state index in [9.17, 15) is 0 Å². The highest BCUT2D eigenvalue weighted by Crippen LogP contribution is 2.23. The number of hydrogen-bond acceptors (Lipinski definition) is 5. The van der Waals surface area contributed by atoms with Gasteiger partial charge in [-0.2, -0.15) is 0 Å². The Hall–Kier alpha value is -0.910. The van der Waals surface area contributed by atoms with Gasteiger partial charge in [0, 0.05) is 39.5 Å². The quantitative estimate of drug-likeness (QED) is 0.756. The van der Waals surface area contributed by atoms with Gasteiger partial charge in [-0.25, -0.2) is 9.97 Å². The van der Waals surface area contributed by atoms with E-state index in [1.165, 1.54) is 0 Å². The average molecular weight is 300 g/mol. The molecule has 0 unspecified atom stereocenters. The molecule has 0 bridgehead atoms. The van der Waals surface area contributed by atoms with Crippen LogP contribution in [0.25, 0.3) is 0 Å². The molecule has 2 rings (SSSR count). The lowest BCUT2D eigenvalue weighted by atomic mass is 9.98. The number of methoxy groups -OCH3 is 1. The summed E-state index contributed by atoms with van der Waals surface area (Å²) in [6, 6.07) is 1.83. The highest BCUT2D eigenvalue weighted by atomic mass is 35.5. The van der Waals surface area contributed by atoms with Crippen LogP contribution in [0.2, 0.25) is 5.15 Å². The molecule has 0 N–H and O–H groups in total. The SMILES string of the molecule is CCOCc1nc(Cl)cc(N2CCC(COC)CC2)n1. The van der Waals surface area contributed by atoms with E-state index < -0.39 is 0 Å². The lowest BCUT2D eigenvalue weighted by Gasteiger charge is -2.32. The van der Waals surface area contributed by atoms with Crippen molar-refractivity contribution in [3.8, 4) is 0 Å². The highest BCUT2D eigenvalue weighted by molar-refractivity contribution is 6.29. The largest absolute Gasteiger partial charge is 0.384 e. The van der Waals surface area contributed by atoms with Crippen LogP contribution in [-0.4, -0.2) is 43.4 Å². The van der Waals surface area contributed by atoms with Gasteiger partial charge in [-0.1, -0.05) is 11.6 Å². The van der Waals surface area contributed by atoms with E-state index in [1.54, 1.807) is 7.11 Å². The fourth-order valence-electron chi connectivity index (χ4n) is 2.44. The van der Waals surface area contributed by atoms with Crippen molar-refractivity contribution >= 4 is 17.4 Å². The molecule has 6 heteroatoms. The van der Waals surface area contributed by atoms with Crippen molar-refractivity contribution < 1.29 is 9.47 Å². The third-order valence-corrected chi connectivity index (χ3v) is 3.70. The first-order valence-corrected chi connectivity index (χ1v) is 7.45. The average Bonchev–Trinajstić information content (AvgIpc) is 2.46. The number of hydrogen-bond donors (Lipinski definition) is 0. The number of ether oxygens (including phenoxy) is 2. The van der Waals surface area contributed by atoms with E-state index in [0.717, 1.165) is 38.4 Å². The van der Waals surface area contributed by atoms with E-state index in [0.29, 0.717) is 30.1 Å². The Labute approximate surface area is 125 Å². The molecule has 0 aliphatic carbocycles. The minimum absolute atomic E-state index is 0.407. The van der Waals surface area contributed by atoms with Crippen LogP contribution in [-0.2, 0) is 16.1 Å². The molecule has 20 heavy (non-hydrogen) atoms. The zero-order valence-corrected chi connectivity index (χ0v) is 12.9. The van der Waals surface area contributed by atoms with Crippen LogP contribution in [0.15, 0.2) is 6.07 Å². The smallest absolute Gasteiger partial charge is 0.158 e. The molecule has 0 radical (unpaired) electrons. The second kappa shape index (κ2) is 7.76. The molecule has 5 nitrogen and oxygen atoms in total. The summed E-state index contributed by atoms with van der Waals surface area (Å²) in [5.41, 5.74) is 0. The minimum atomic E-state index is 0.407. The van der Waals surface area contributed by atoms with Crippen LogP contribution in [0.1, 0.15) is 25.6 Å². The fraction of sp³-hybridized carbons (Fsp3) is 0.714. The van der Waals surface area contributed by atoms with Crippen molar-refractivity contribution in [3.63, 3.8) is 0 Å². The first kappa shape index (κ1) is 15.5. The topological polar surface area (TPSA) is 47.5 Å². The molecule has 1 saturated heterocycles. The summed E-state index contributed by atoms with van der Waals surface area (Å²) < 4.78 is 10.6. The standard InChI is InChI=1S/C14H22ClN3O2/c1-3-20-10-13-16-12(15)8-14(17-13)18-6-4-11(5-7-18)9-19-2/h8,11H,3-7,9-10H2,1-2H3. The highest BCUT2D eigenvalue weighted by Gasteiger charge is 2.20. The molecule has 1 aliphatic rings. The number of nitrogens with zero attached hydrogens (tertiary/aromatic N) is 3. The third-order valence-electron chi connectivity index (χ3n) is 3.50. The van der Waals surface area contributed by atoms with Gasteiger partial charge in [0.05, 0.1) is 0 Å². The third kappa shape index (κ3) is 4.30. The molecule has 0 atom stereocenters. The Morgan fingerprint density at radius 2 is 2.10 bits per heavy atom. The monoisotopic (exact) mass is 299 g/mol. The van der Waals surface area contributed by atoms with Gasteiger partial charge in [0.25, 0.3) is 0 Å². The first-order chi connectivity index (χ1) is 9.72. The van der Waals surface area contributed by atoms with Crippen molar-refractivity contribution in [3.05, 3.63) is 17.0 Å². The Morgan fingerprint density at radius 1 is 1.35 bits per heavy atom. The lowest BCUT2D eigenvalue weighted by Crippen LogP contribution is -2.35. The van der Waals surface area contributed by atoms with Gasteiger partial charge in [0.2, 0.25) is 0 Å². The number of anilines is 1. The van der Waals surface area contributed by atoms with Crippen molar-refractivity contribution in [2.75, 3.05) is 38.3 Å². The molecule has 1 aromatic heterocycles. The zero-order chi connectivity index (χ0) is 14.4. The predicted octanol–water partition coefficient (Wildman–Crippen LogP) is 2.53. The molecule has 1 aliphatic heterocycles. The summed E-state index contributed by atoms with van der Waals surface area (Å²) in [7, 11) is 1.76. The Kier molecular flexibility index (Phi) is 6.01. The predicted molar refractivity (Wildman–Crippen MR) is 79.2 cm³/mol. The molecular formula is C14H22ClN3O2. The maximum absolute atomic E-state index is 6.07. The Bertz CT molecular complexity index is 423. The molecule has 1 aromatic rings. The molecule has 0 spiro atoms. The summed E-state index contributed by atoms with van der Waals surface area (Å²) in [5.74, 6) is 2.19. The van der Waals surface area contributed by atoms with E-state index in [2.05, 4.69) is 14.9 Å². The van der Waals surface area contributed by atoms with Gasteiger partial charge in [0.15, 0.2) is 5.82 Å². The maximum Gasteiger partial charge on any atom is 0.158 e. The van der Waals surface area contributed by atoms with Crippen LogP contribution < -0.4 is 4.90 Å². The number of halogens is 1. The molecule has 0 saturated carbocycles. The van der Waals surface area contributed by atoms with Crippen LogP contribution in [0, 0.1) is 5.92 Å². The Morgan fingerprint density at radius 3 is 2.75 bits per heavy atom.